The van der Waals surface area contributed by atoms with Gasteiger partial charge in [0.25, 0.3) is 0 Å². The third kappa shape index (κ3) is 2.02. The first kappa shape index (κ1) is 11.0. The van der Waals surface area contributed by atoms with Crippen molar-refractivity contribution in [2.24, 2.45) is 16.3 Å². The molecule has 1 aliphatic rings. The van der Waals surface area contributed by atoms with Crippen LogP contribution in [0.4, 0.5) is 5.82 Å². The normalized spacial score (nSPS) is 22.5. The van der Waals surface area contributed by atoms with Crippen LogP contribution < -0.4 is 5.69 Å². The molecule has 0 spiro atoms. The third-order valence-corrected chi connectivity index (χ3v) is 2.94. The molecule has 3 N–H and O–H groups in total. The number of aliphatic hydroxyl groups excluding tert-OH is 2. The highest BCUT2D eigenvalue weighted by Gasteiger charge is 2.52. The molecule has 0 bridgehead atoms. The Balaban J connectivity index is 2.04. The monoisotopic (exact) mass is 223 g/mol. The number of aliphatic imine (C=N–C) groups is 1. The molecule has 1 heterocycles. The molecule has 1 unspecified atom stereocenters. The van der Waals surface area contributed by atoms with E-state index in [0.29, 0.717) is 5.82 Å². The third-order valence-electron chi connectivity index (χ3n) is 2.94. The van der Waals surface area contributed by atoms with Crippen molar-refractivity contribution in [3.05, 3.63) is 22.7 Å². The van der Waals surface area contributed by atoms with E-state index in [2.05, 4.69) is 15.0 Å². The molecule has 0 radical (unpaired) electrons. The molecule has 6 heteroatoms. The van der Waals surface area contributed by atoms with E-state index >= 15 is 0 Å². The van der Waals surface area contributed by atoms with Crippen LogP contribution in [0.5, 0.6) is 0 Å². The van der Waals surface area contributed by atoms with Gasteiger partial charge in [0, 0.05) is 23.7 Å². The number of H-pyrrole nitrogens is 1. The van der Waals surface area contributed by atoms with Crippen molar-refractivity contribution in [1.82, 2.24) is 9.97 Å². The predicted molar refractivity (Wildman–Crippen MR) is 57.7 cm³/mol. The lowest BCUT2D eigenvalue weighted by Gasteiger charge is -2.06. The molecule has 1 atom stereocenters. The topological polar surface area (TPSA) is 98.6 Å². The van der Waals surface area contributed by atoms with Crippen LogP contribution in [0.2, 0.25) is 0 Å². The van der Waals surface area contributed by atoms with Gasteiger partial charge in [-0.3, -0.25) is 4.98 Å². The first-order valence-corrected chi connectivity index (χ1v) is 5.01. The molecule has 6 nitrogen and oxygen atoms in total. The Hall–Kier alpha value is -1.53. The fourth-order valence-corrected chi connectivity index (χ4v) is 1.61. The van der Waals surface area contributed by atoms with Gasteiger partial charge >= 0.3 is 5.69 Å². The fourth-order valence-electron chi connectivity index (χ4n) is 1.61. The zero-order valence-electron chi connectivity index (χ0n) is 8.63. The summed E-state index contributed by atoms with van der Waals surface area (Å²) in [5.74, 6) is 0.496. The van der Waals surface area contributed by atoms with Gasteiger partial charge < -0.3 is 10.2 Å². The molecule has 0 amide bonds. The number of hydrogen-bond donors (Lipinski definition) is 3. The molecule has 1 aromatic heterocycles. The molecule has 0 saturated heterocycles. The quantitative estimate of drug-likeness (QED) is 0.597. The van der Waals surface area contributed by atoms with Crippen LogP contribution in [0, 0.1) is 11.3 Å². The van der Waals surface area contributed by atoms with Crippen LogP contribution in [0.25, 0.3) is 0 Å². The van der Waals surface area contributed by atoms with Crippen LogP contribution in [0.15, 0.2) is 22.1 Å². The molecule has 2 rings (SSSR count). The maximum Gasteiger partial charge on any atom is 0.346 e. The Morgan fingerprint density at radius 1 is 1.62 bits per heavy atom. The summed E-state index contributed by atoms with van der Waals surface area (Å²) in [5, 5.41) is 18.2. The first-order valence-electron chi connectivity index (χ1n) is 5.01. The minimum Gasteiger partial charge on any atom is -0.396 e. The SMILES string of the molecule is O=c1nccc(N=CC2CC2(CO)CO)[nH]1. The summed E-state index contributed by atoms with van der Waals surface area (Å²) in [6, 6.07) is 1.58. The second-order valence-corrected chi connectivity index (χ2v) is 4.03. The molecule has 1 fully saturated rings. The summed E-state index contributed by atoms with van der Waals surface area (Å²) in [5.41, 5.74) is -0.863. The lowest BCUT2D eigenvalue weighted by atomic mass is 10.1. The average Bonchev–Trinajstić information content (AvgIpc) is 3.01. The molecule has 16 heavy (non-hydrogen) atoms. The number of aromatic amines is 1. The standard InChI is InChI=1S/C10H13N3O3/c14-5-10(6-15)3-7(10)4-12-8-1-2-11-9(16)13-8/h1-2,4,7,14-15H,3,5-6H2,(H,11,13,16). The molecule has 1 aliphatic carbocycles. The molecule has 86 valence electrons. The molecule has 0 aromatic carbocycles. The number of nitrogens with one attached hydrogen (secondary N) is 1. The summed E-state index contributed by atoms with van der Waals surface area (Å²) >= 11 is 0. The van der Waals surface area contributed by atoms with Crippen LogP contribution in [0.1, 0.15) is 6.42 Å². The van der Waals surface area contributed by atoms with E-state index < -0.39 is 11.1 Å². The molecule has 0 aliphatic heterocycles. The molecule has 1 saturated carbocycles. The second-order valence-electron chi connectivity index (χ2n) is 4.03. The van der Waals surface area contributed by atoms with Crippen molar-refractivity contribution in [2.45, 2.75) is 6.42 Å². The van der Waals surface area contributed by atoms with Gasteiger partial charge in [0.1, 0.15) is 5.82 Å². The lowest BCUT2D eigenvalue weighted by Crippen LogP contribution is -2.15. The van der Waals surface area contributed by atoms with E-state index in [1.165, 1.54) is 6.20 Å². The Morgan fingerprint density at radius 2 is 2.38 bits per heavy atom. The predicted octanol–water partition coefficient (Wildman–Crippen LogP) is -0.537. The number of aliphatic hydroxyl groups is 2. The van der Waals surface area contributed by atoms with E-state index in [1.54, 1.807) is 12.3 Å². The Morgan fingerprint density at radius 3 is 2.94 bits per heavy atom. The maximum absolute atomic E-state index is 10.9. The fraction of sp³-hybridized carbons (Fsp3) is 0.500. The van der Waals surface area contributed by atoms with Gasteiger partial charge in [-0.1, -0.05) is 0 Å². The average molecular weight is 223 g/mol. The number of rotatable bonds is 4. The smallest absolute Gasteiger partial charge is 0.346 e. The van der Waals surface area contributed by atoms with E-state index in [0.717, 1.165) is 6.42 Å². The van der Waals surface area contributed by atoms with Crippen molar-refractivity contribution >= 4 is 12.0 Å². The van der Waals surface area contributed by atoms with Crippen molar-refractivity contribution in [2.75, 3.05) is 13.2 Å². The van der Waals surface area contributed by atoms with Crippen molar-refractivity contribution in [3.63, 3.8) is 0 Å². The van der Waals surface area contributed by atoms with Gasteiger partial charge in [-0.2, -0.15) is 0 Å². The molecule has 1 aromatic rings. The molecular weight excluding hydrogens is 210 g/mol. The van der Waals surface area contributed by atoms with Gasteiger partial charge in [0.05, 0.1) is 13.2 Å². The number of nitrogens with zero attached hydrogens (tertiary/aromatic N) is 2. The summed E-state index contributed by atoms with van der Waals surface area (Å²) < 4.78 is 0. The highest BCUT2D eigenvalue weighted by atomic mass is 16.3. The lowest BCUT2D eigenvalue weighted by molar-refractivity contribution is 0.129. The highest BCUT2D eigenvalue weighted by Crippen LogP contribution is 2.50. The minimum atomic E-state index is -0.443. The van der Waals surface area contributed by atoms with E-state index in [9.17, 15) is 4.79 Å². The van der Waals surface area contributed by atoms with E-state index in [-0.39, 0.29) is 19.1 Å². The first-order chi connectivity index (χ1) is 7.70. The van der Waals surface area contributed by atoms with Gasteiger partial charge in [0.15, 0.2) is 0 Å². The van der Waals surface area contributed by atoms with Gasteiger partial charge in [0.2, 0.25) is 0 Å². The Kier molecular flexibility index (Phi) is 2.84. The molecular formula is C10H13N3O3. The zero-order valence-corrected chi connectivity index (χ0v) is 8.63. The summed E-state index contributed by atoms with van der Waals surface area (Å²) in [6.07, 6.45) is 3.75. The van der Waals surface area contributed by atoms with Crippen molar-refractivity contribution in [3.8, 4) is 0 Å². The van der Waals surface area contributed by atoms with Crippen molar-refractivity contribution < 1.29 is 10.2 Å². The van der Waals surface area contributed by atoms with E-state index in [1.807, 2.05) is 0 Å². The van der Waals surface area contributed by atoms with Crippen LogP contribution in [-0.2, 0) is 0 Å². The number of aromatic nitrogens is 2. The minimum absolute atomic E-state index is 0.0486. The van der Waals surface area contributed by atoms with Gasteiger partial charge in [-0.25, -0.2) is 14.8 Å². The van der Waals surface area contributed by atoms with E-state index in [4.69, 9.17) is 10.2 Å². The Labute approximate surface area is 91.7 Å². The Bertz CT molecular complexity index is 451. The van der Waals surface area contributed by atoms with Crippen LogP contribution in [-0.4, -0.2) is 39.6 Å². The number of hydrogen-bond acceptors (Lipinski definition) is 5. The van der Waals surface area contributed by atoms with Gasteiger partial charge in [-0.05, 0) is 12.5 Å². The van der Waals surface area contributed by atoms with Crippen molar-refractivity contribution in [1.29, 1.82) is 0 Å². The summed E-state index contributed by atoms with van der Waals surface area (Å²) in [4.78, 5) is 20.9. The summed E-state index contributed by atoms with van der Waals surface area (Å²) in [6.45, 7) is -0.0971. The largest absolute Gasteiger partial charge is 0.396 e. The summed E-state index contributed by atoms with van der Waals surface area (Å²) in [7, 11) is 0. The van der Waals surface area contributed by atoms with Gasteiger partial charge in [-0.15, -0.1) is 0 Å². The maximum atomic E-state index is 10.9. The van der Waals surface area contributed by atoms with Crippen LogP contribution in [0.3, 0.4) is 0 Å². The highest BCUT2D eigenvalue weighted by molar-refractivity contribution is 5.69. The second kappa shape index (κ2) is 4.15. The van der Waals surface area contributed by atoms with Crippen LogP contribution >= 0.6 is 0 Å². The zero-order chi connectivity index (χ0) is 11.6.